The molecule has 2 rings (SSSR count). The summed E-state index contributed by atoms with van der Waals surface area (Å²) in [5.74, 6) is -0.569. The number of aryl methyl sites for hydroxylation is 1. The minimum atomic E-state index is -1.06. The van der Waals surface area contributed by atoms with Gasteiger partial charge in [0.2, 0.25) is 0 Å². The second-order valence-electron chi connectivity index (χ2n) is 3.74. The maximum atomic E-state index is 11.0. The first kappa shape index (κ1) is 11.8. The molecule has 8 heteroatoms. The second kappa shape index (κ2) is 4.70. The van der Waals surface area contributed by atoms with E-state index in [2.05, 4.69) is 25.9 Å². The van der Waals surface area contributed by atoms with Crippen LogP contribution in [0.3, 0.4) is 0 Å². The fraction of sp³-hybridized carbons (Fsp3) is 0.200. The normalized spacial score (nSPS) is 10.3. The molecule has 0 aliphatic heterocycles. The lowest BCUT2D eigenvalue weighted by atomic mass is 10.1. The molecule has 0 aliphatic carbocycles. The minimum Gasteiger partial charge on any atom is -0.478 e. The van der Waals surface area contributed by atoms with Crippen molar-refractivity contribution in [3.05, 3.63) is 29.1 Å². The number of hydrogen-bond acceptors (Lipinski definition) is 6. The summed E-state index contributed by atoms with van der Waals surface area (Å²) < 4.78 is 0. The lowest BCUT2D eigenvalue weighted by Crippen LogP contribution is -2.07. The van der Waals surface area contributed by atoms with Gasteiger partial charge in [0.15, 0.2) is 5.82 Å². The van der Waals surface area contributed by atoms with Crippen molar-refractivity contribution in [1.29, 1.82) is 0 Å². The van der Waals surface area contributed by atoms with E-state index in [1.807, 2.05) is 0 Å². The van der Waals surface area contributed by atoms with Crippen LogP contribution < -0.4 is 11.1 Å². The zero-order chi connectivity index (χ0) is 13.1. The number of rotatable bonds is 4. The maximum absolute atomic E-state index is 11.0. The third-order valence-electron chi connectivity index (χ3n) is 2.46. The number of anilines is 2. The van der Waals surface area contributed by atoms with Gasteiger partial charge in [-0.25, -0.2) is 4.79 Å². The molecule has 8 nitrogen and oxygen atoms in total. The highest BCUT2D eigenvalue weighted by atomic mass is 16.4. The molecule has 0 radical (unpaired) electrons. The number of nitrogens with one attached hydrogen (secondary N) is 2. The Bertz CT molecular complexity index is 566. The smallest absolute Gasteiger partial charge is 0.337 e. The zero-order valence-corrected chi connectivity index (χ0v) is 9.64. The number of hydrogen-bond donors (Lipinski definition) is 4. The van der Waals surface area contributed by atoms with Gasteiger partial charge in [0, 0.05) is 11.4 Å². The van der Waals surface area contributed by atoms with Crippen LogP contribution >= 0.6 is 0 Å². The van der Waals surface area contributed by atoms with E-state index >= 15 is 0 Å². The molecule has 0 bridgehead atoms. The summed E-state index contributed by atoms with van der Waals surface area (Å²) in [5.41, 5.74) is 7.38. The molecular weight excluding hydrogens is 236 g/mol. The van der Waals surface area contributed by atoms with Crippen molar-refractivity contribution in [2.75, 3.05) is 11.1 Å². The number of aromatic nitrogens is 4. The summed E-state index contributed by atoms with van der Waals surface area (Å²) in [6.07, 6.45) is 0. The Labute approximate surface area is 102 Å². The van der Waals surface area contributed by atoms with E-state index in [1.54, 1.807) is 13.0 Å². The van der Waals surface area contributed by atoms with Crippen LogP contribution in [0.15, 0.2) is 12.1 Å². The quantitative estimate of drug-likeness (QED) is 0.576. The molecule has 1 aromatic carbocycles. The average molecular weight is 248 g/mol. The molecule has 2 aromatic rings. The summed E-state index contributed by atoms with van der Waals surface area (Å²) >= 11 is 0. The molecule has 0 unspecified atom stereocenters. The van der Waals surface area contributed by atoms with Crippen molar-refractivity contribution in [1.82, 2.24) is 20.6 Å². The van der Waals surface area contributed by atoms with E-state index in [1.165, 1.54) is 6.07 Å². The Morgan fingerprint density at radius 2 is 2.33 bits per heavy atom. The number of aromatic amines is 1. The highest BCUT2D eigenvalue weighted by molar-refractivity contribution is 5.95. The monoisotopic (exact) mass is 248 g/mol. The summed E-state index contributed by atoms with van der Waals surface area (Å²) in [7, 11) is 0. The topological polar surface area (TPSA) is 130 Å². The lowest BCUT2D eigenvalue weighted by Gasteiger charge is -2.10. The Morgan fingerprint density at radius 1 is 1.56 bits per heavy atom. The second-order valence-corrected chi connectivity index (χ2v) is 3.74. The molecule has 0 saturated carbocycles. The highest BCUT2D eigenvalue weighted by Crippen LogP contribution is 2.23. The molecule has 5 N–H and O–H groups in total. The molecular formula is C10H12N6O2. The summed E-state index contributed by atoms with van der Waals surface area (Å²) in [5, 5.41) is 25.3. The number of tetrazole rings is 1. The van der Waals surface area contributed by atoms with Crippen LogP contribution in [0, 0.1) is 6.92 Å². The first-order valence-electron chi connectivity index (χ1n) is 5.17. The van der Waals surface area contributed by atoms with E-state index in [0.717, 1.165) is 0 Å². The highest BCUT2D eigenvalue weighted by Gasteiger charge is 2.11. The molecule has 0 atom stereocenters. The van der Waals surface area contributed by atoms with E-state index in [4.69, 9.17) is 10.8 Å². The van der Waals surface area contributed by atoms with Crippen LogP contribution in [0.25, 0.3) is 0 Å². The molecule has 1 aromatic heterocycles. The van der Waals surface area contributed by atoms with E-state index in [0.29, 0.717) is 23.6 Å². The van der Waals surface area contributed by atoms with Crippen LogP contribution in [0.5, 0.6) is 0 Å². The Balaban J connectivity index is 2.21. The number of carboxylic acid groups (broad SMARTS) is 1. The van der Waals surface area contributed by atoms with Gasteiger partial charge < -0.3 is 16.2 Å². The molecule has 0 spiro atoms. The third kappa shape index (κ3) is 2.37. The third-order valence-corrected chi connectivity index (χ3v) is 2.46. The minimum absolute atomic E-state index is 0.0746. The lowest BCUT2D eigenvalue weighted by molar-refractivity contribution is 0.0698. The Kier molecular flexibility index (Phi) is 3.09. The first-order valence-corrected chi connectivity index (χ1v) is 5.17. The number of nitrogens with two attached hydrogens (primary N) is 1. The number of carboxylic acids is 1. The predicted molar refractivity (Wildman–Crippen MR) is 64.1 cm³/mol. The van der Waals surface area contributed by atoms with E-state index in [9.17, 15) is 4.79 Å². The van der Waals surface area contributed by atoms with Crippen molar-refractivity contribution in [3.8, 4) is 0 Å². The van der Waals surface area contributed by atoms with Gasteiger partial charge >= 0.3 is 5.97 Å². The van der Waals surface area contributed by atoms with Crippen molar-refractivity contribution < 1.29 is 9.90 Å². The summed E-state index contributed by atoms with van der Waals surface area (Å²) in [6, 6.07) is 3.24. The number of nitrogens with zero attached hydrogens (tertiary/aromatic N) is 3. The van der Waals surface area contributed by atoms with Crippen LogP contribution in [-0.2, 0) is 6.54 Å². The Morgan fingerprint density at radius 3 is 2.94 bits per heavy atom. The SMILES string of the molecule is Cc1cc(NCc2nn[nH]n2)cc(C(=O)O)c1N. The number of benzene rings is 1. The fourth-order valence-electron chi connectivity index (χ4n) is 1.52. The molecule has 0 saturated heterocycles. The zero-order valence-electron chi connectivity index (χ0n) is 9.64. The predicted octanol–water partition coefficient (Wildman–Crippen LogP) is 0.401. The van der Waals surface area contributed by atoms with Gasteiger partial charge in [0.1, 0.15) is 0 Å². The average Bonchev–Trinajstić information content (AvgIpc) is 2.83. The van der Waals surface area contributed by atoms with Gasteiger partial charge in [-0.2, -0.15) is 5.21 Å². The summed E-state index contributed by atoms with van der Waals surface area (Å²) in [4.78, 5) is 11.0. The number of nitrogen functional groups attached to an aromatic ring is 1. The molecule has 18 heavy (non-hydrogen) atoms. The van der Waals surface area contributed by atoms with Crippen LogP contribution in [0.1, 0.15) is 21.7 Å². The summed E-state index contributed by atoms with van der Waals surface area (Å²) in [6.45, 7) is 2.10. The number of H-pyrrole nitrogens is 1. The standard InChI is InChI=1S/C10H12N6O2/c1-5-2-6(3-7(9(5)11)10(17)18)12-4-8-13-15-16-14-8/h2-3,12H,4,11H2,1H3,(H,17,18)(H,13,14,15,16). The molecule has 0 fully saturated rings. The molecule has 94 valence electrons. The number of aromatic carboxylic acids is 1. The van der Waals surface area contributed by atoms with Crippen molar-refractivity contribution in [3.63, 3.8) is 0 Å². The van der Waals surface area contributed by atoms with Gasteiger partial charge in [0.25, 0.3) is 0 Å². The largest absolute Gasteiger partial charge is 0.478 e. The van der Waals surface area contributed by atoms with Crippen LogP contribution in [0.4, 0.5) is 11.4 Å². The number of carbonyl (C=O) groups is 1. The maximum Gasteiger partial charge on any atom is 0.337 e. The van der Waals surface area contributed by atoms with Gasteiger partial charge in [-0.3, -0.25) is 0 Å². The van der Waals surface area contributed by atoms with Gasteiger partial charge in [-0.05, 0) is 24.6 Å². The van der Waals surface area contributed by atoms with Crippen LogP contribution in [0.2, 0.25) is 0 Å². The van der Waals surface area contributed by atoms with Crippen molar-refractivity contribution in [2.45, 2.75) is 13.5 Å². The Hall–Kier alpha value is -2.64. The molecule has 0 aliphatic rings. The first-order chi connectivity index (χ1) is 8.58. The molecule has 1 heterocycles. The van der Waals surface area contributed by atoms with Gasteiger partial charge in [-0.15, -0.1) is 10.2 Å². The van der Waals surface area contributed by atoms with Crippen molar-refractivity contribution >= 4 is 17.3 Å². The fourth-order valence-corrected chi connectivity index (χ4v) is 1.52. The molecule has 0 amide bonds. The van der Waals surface area contributed by atoms with Crippen LogP contribution in [-0.4, -0.2) is 31.7 Å². The van der Waals surface area contributed by atoms with Gasteiger partial charge in [-0.1, -0.05) is 5.21 Å². The van der Waals surface area contributed by atoms with E-state index in [-0.39, 0.29) is 11.3 Å². The van der Waals surface area contributed by atoms with Gasteiger partial charge in [0.05, 0.1) is 12.1 Å². The van der Waals surface area contributed by atoms with Crippen molar-refractivity contribution in [2.24, 2.45) is 0 Å². The van der Waals surface area contributed by atoms with E-state index < -0.39 is 5.97 Å².